The summed E-state index contributed by atoms with van der Waals surface area (Å²) in [7, 11) is 0. The van der Waals surface area contributed by atoms with Crippen molar-refractivity contribution in [3.05, 3.63) is 29.8 Å². The average molecular weight is 419 g/mol. The maximum atomic E-state index is 12.9. The van der Waals surface area contributed by atoms with Crippen LogP contribution in [-0.2, 0) is 14.4 Å². The molecule has 1 aromatic rings. The van der Waals surface area contributed by atoms with Crippen LogP contribution < -0.4 is 20.7 Å². The number of fused-ring (bicyclic) bond motifs is 1. The smallest absolute Gasteiger partial charge is 0.305 e. The molecule has 1 aliphatic rings. The molecule has 0 fully saturated rings. The lowest BCUT2D eigenvalue weighted by Gasteiger charge is -2.28. The van der Waals surface area contributed by atoms with Gasteiger partial charge in [-0.3, -0.25) is 19.2 Å². The van der Waals surface area contributed by atoms with Crippen molar-refractivity contribution in [1.29, 1.82) is 0 Å². The molecule has 9 nitrogen and oxygen atoms in total. The first-order valence-electron chi connectivity index (χ1n) is 9.95. The molecule has 0 saturated heterocycles. The molecule has 30 heavy (non-hydrogen) atoms. The number of carbonyl (C=O) groups excluding carboxylic acids is 3. The molecule has 4 N–H and O–H groups in total. The summed E-state index contributed by atoms with van der Waals surface area (Å²) >= 11 is 0. The molecule has 0 radical (unpaired) electrons. The minimum atomic E-state index is -1.35. The average Bonchev–Trinajstić information content (AvgIpc) is 2.67. The van der Waals surface area contributed by atoms with Crippen LogP contribution >= 0.6 is 0 Å². The fourth-order valence-corrected chi connectivity index (χ4v) is 3.04. The Morgan fingerprint density at radius 2 is 1.70 bits per heavy atom. The molecule has 2 rings (SSSR count). The lowest BCUT2D eigenvalue weighted by molar-refractivity contribution is -0.140. The Morgan fingerprint density at radius 1 is 1.03 bits per heavy atom. The van der Waals surface area contributed by atoms with Gasteiger partial charge in [-0.25, -0.2) is 0 Å². The van der Waals surface area contributed by atoms with Gasteiger partial charge in [-0.05, 0) is 24.0 Å². The zero-order valence-corrected chi connectivity index (χ0v) is 17.6. The van der Waals surface area contributed by atoms with Gasteiger partial charge in [0.15, 0.2) is 0 Å². The van der Waals surface area contributed by atoms with E-state index in [1.54, 1.807) is 32.0 Å². The third-order valence-electron chi connectivity index (χ3n) is 4.93. The molecule has 0 spiro atoms. The van der Waals surface area contributed by atoms with Gasteiger partial charge in [0.05, 0.1) is 18.0 Å². The molecular weight excluding hydrogens is 390 g/mol. The van der Waals surface area contributed by atoms with Crippen LogP contribution in [-0.4, -0.2) is 53.5 Å². The van der Waals surface area contributed by atoms with Crippen LogP contribution in [0.5, 0.6) is 5.75 Å². The Hall–Kier alpha value is -3.10. The molecule has 3 atom stereocenters. The van der Waals surface area contributed by atoms with Crippen LogP contribution in [0.15, 0.2) is 24.3 Å². The van der Waals surface area contributed by atoms with Crippen LogP contribution in [0.2, 0.25) is 0 Å². The second-order valence-electron chi connectivity index (χ2n) is 8.02. The van der Waals surface area contributed by atoms with Crippen molar-refractivity contribution in [3.63, 3.8) is 0 Å². The summed E-state index contributed by atoms with van der Waals surface area (Å²) in [6, 6.07) is 3.87. The highest BCUT2D eigenvalue weighted by Gasteiger charge is 2.32. The molecule has 0 aliphatic carbocycles. The molecule has 0 unspecified atom stereocenters. The molecule has 1 aliphatic heterocycles. The van der Waals surface area contributed by atoms with Gasteiger partial charge < -0.3 is 25.8 Å². The van der Waals surface area contributed by atoms with Crippen LogP contribution in [0.4, 0.5) is 0 Å². The van der Waals surface area contributed by atoms with Crippen molar-refractivity contribution >= 4 is 23.7 Å². The third-order valence-corrected chi connectivity index (χ3v) is 4.93. The van der Waals surface area contributed by atoms with Crippen molar-refractivity contribution < 1.29 is 29.0 Å². The molecule has 0 saturated carbocycles. The standard InChI is InChI=1S/C21H29N3O6/c1-11(2)15-10-30-16-8-6-5-7-13(16)19(27)22-14(9-17(25)26)20(28)24-18(12(3)4)21(29)23-15/h5-8,11-12,14-15,18H,9-10H2,1-4H3,(H,22,27)(H,23,29)(H,24,28)(H,25,26)/t14-,15+,18+/m0/s1. The largest absolute Gasteiger partial charge is 0.491 e. The summed E-state index contributed by atoms with van der Waals surface area (Å²) in [4.78, 5) is 49.7. The molecule has 164 valence electrons. The minimum absolute atomic E-state index is 0.0309. The van der Waals surface area contributed by atoms with Gasteiger partial charge >= 0.3 is 5.97 Å². The Balaban J connectivity index is 2.46. The predicted molar refractivity (Wildman–Crippen MR) is 109 cm³/mol. The van der Waals surface area contributed by atoms with E-state index in [-0.39, 0.29) is 35.8 Å². The Morgan fingerprint density at radius 3 is 2.30 bits per heavy atom. The number of ether oxygens (including phenoxy) is 1. The number of hydrogen-bond acceptors (Lipinski definition) is 5. The van der Waals surface area contributed by atoms with Crippen LogP contribution in [0, 0.1) is 11.8 Å². The molecule has 1 aromatic carbocycles. The summed E-state index contributed by atoms with van der Waals surface area (Å²) in [5.74, 6) is -2.96. The first-order chi connectivity index (χ1) is 14.1. The van der Waals surface area contributed by atoms with E-state index in [1.807, 2.05) is 13.8 Å². The first kappa shape index (κ1) is 23.2. The van der Waals surface area contributed by atoms with E-state index < -0.39 is 42.2 Å². The molecule has 0 bridgehead atoms. The lowest BCUT2D eigenvalue weighted by atomic mass is 10.00. The highest BCUT2D eigenvalue weighted by Crippen LogP contribution is 2.20. The zero-order valence-electron chi connectivity index (χ0n) is 17.6. The predicted octanol–water partition coefficient (Wildman–Crippen LogP) is 0.934. The number of nitrogens with one attached hydrogen (secondary N) is 3. The molecule has 3 amide bonds. The number of amides is 3. The van der Waals surface area contributed by atoms with E-state index in [4.69, 9.17) is 4.74 Å². The van der Waals surface area contributed by atoms with Gasteiger partial charge in [0.2, 0.25) is 11.8 Å². The van der Waals surface area contributed by atoms with E-state index in [0.717, 1.165) is 0 Å². The van der Waals surface area contributed by atoms with Crippen molar-refractivity contribution in [2.24, 2.45) is 11.8 Å². The van der Waals surface area contributed by atoms with Gasteiger partial charge in [-0.15, -0.1) is 0 Å². The second-order valence-corrected chi connectivity index (χ2v) is 8.02. The van der Waals surface area contributed by atoms with E-state index >= 15 is 0 Å². The fourth-order valence-electron chi connectivity index (χ4n) is 3.04. The van der Waals surface area contributed by atoms with Crippen molar-refractivity contribution in [2.75, 3.05) is 6.61 Å². The molecule has 9 heteroatoms. The summed E-state index contributed by atoms with van der Waals surface area (Å²) in [6.07, 6.45) is -0.623. The van der Waals surface area contributed by atoms with E-state index in [2.05, 4.69) is 16.0 Å². The van der Waals surface area contributed by atoms with Crippen LogP contribution in [0.1, 0.15) is 44.5 Å². The summed E-state index contributed by atoms with van der Waals surface area (Å²) < 4.78 is 5.84. The number of carbonyl (C=O) groups is 4. The normalized spacial score (nSPS) is 23.1. The monoisotopic (exact) mass is 419 g/mol. The highest BCUT2D eigenvalue weighted by molar-refractivity contribution is 6.01. The van der Waals surface area contributed by atoms with Crippen molar-refractivity contribution in [3.8, 4) is 5.75 Å². The number of hydrogen-bond donors (Lipinski definition) is 4. The highest BCUT2D eigenvalue weighted by atomic mass is 16.5. The second kappa shape index (κ2) is 10.1. The summed E-state index contributed by atoms with van der Waals surface area (Å²) in [6.45, 7) is 7.52. The maximum absolute atomic E-state index is 12.9. The quantitative estimate of drug-likeness (QED) is 0.574. The fraction of sp³-hybridized carbons (Fsp3) is 0.524. The third kappa shape index (κ3) is 5.95. The topological polar surface area (TPSA) is 134 Å². The molecular formula is C21H29N3O6. The van der Waals surface area contributed by atoms with Crippen molar-refractivity contribution in [1.82, 2.24) is 16.0 Å². The van der Waals surface area contributed by atoms with Gasteiger partial charge in [-0.2, -0.15) is 0 Å². The minimum Gasteiger partial charge on any atom is -0.491 e. The number of benzene rings is 1. The van der Waals surface area contributed by atoms with Gasteiger partial charge in [0, 0.05) is 0 Å². The molecule has 1 heterocycles. The maximum Gasteiger partial charge on any atom is 0.305 e. The van der Waals surface area contributed by atoms with Gasteiger partial charge in [-0.1, -0.05) is 39.8 Å². The summed E-state index contributed by atoms with van der Waals surface area (Å²) in [5, 5.41) is 17.1. The Bertz CT molecular complexity index is 808. The van der Waals surface area contributed by atoms with Gasteiger partial charge in [0.25, 0.3) is 5.91 Å². The Kier molecular flexibility index (Phi) is 7.79. The zero-order chi connectivity index (χ0) is 22.4. The lowest BCUT2D eigenvalue weighted by Crippen LogP contribution is -2.57. The van der Waals surface area contributed by atoms with Crippen LogP contribution in [0.3, 0.4) is 0 Å². The number of para-hydroxylation sites is 1. The Labute approximate surface area is 175 Å². The van der Waals surface area contributed by atoms with Gasteiger partial charge in [0.1, 0.15) is 24.4 Å². The molecule has 0 aromatic heterocycles. The van der Waals surface area contributed by atoms with Crippen molar-refractivity contribution in [2.45, 2.75) is 52.2 Å². The van der Waals surface area contributed by atoms with E-state index in [9.17, 15) is 24.3 Å². The van der Waals surface area contributed by atoms with E-state index in [0.29, 0.717) is 0 Å². The number of carboxylic acid groups (broad SMARTS) is 1. The number of rotatable bonds is 4. The SMILES string of the molecule is CC(C)[C@H]1COc2ccccc2C(=O)N[C@@H](CC(=O)O)C(=O)N[C@H](C(C)C)C(=O)N1. The first-order valence-corrected chi connectivity index (χ1v) is 9.95. The summed E-state index contributed by atoms with van der Waals surface area (Å²) in [5.41, 5.74) is 0.175. The number of aliphatic carboxylic acids is 1. The number of carboxylic acids is 1. The van der Waals surface area contributed by atoms with Crippen LogP contribution in [0.25, 0.3) is 0 Å². The van der Waals surface area contributed by atoms with E-state index in [1.165, 1.54) is 6.07 Å².